The van der Waals surface area contributed by atoms with E-state index in [-0.39, 0.29) is 5.91 Å². The number of amides is 1. The lowest BCUT2D eigenvalue weighted by Crippen LogP contribution is -2.39. The van der Waals surface area contributed by atoms with E-state index in [1.807, 2.05) is 4.90 Å². The number of carbonyl (C=O) groups is 1. The molecular weight excluding hydrogens is 298 g/mol. The molecule has 1 aliphatic carbocycles. The largest absolute Gasteiger partial charge is 0.337 e. The Morgan fingerprint density at radius 3 is 3.06 bits per heavy atom. The lowest BCUT2D eigenvalue weighted by Gasteiger charge is -2.29. The van der Waals surface area contributed by atoms with Crippen LogP contribution in [0.1, 0.15) is 39.4 Å². The van der Waals surface area contributed by atoms with E-state index in [9.17, 15) is 4.79 Å². The topological polar surface area (TPSA) is 20.3 Å². The van der Waals surface area contributed by atoms with E-state index in [0.717, 1.165) is 24.4 Å². The second kappa shape index (κ2) is 4.73. The van der Waals surface area contributed by atoms with Crippen molar-refractivity contribution in [3.8, 4) is 0 Å². The fourth-order valence-electron chi connectivity index (χ4n) is 2.70. The van der Waals surface area contributed by atoms with Crippen molar-refractivity contribution in [2.24, 2.45) is 0 Å². The van der Waals surface area contributed by atoms with Gasteiger partial charge >= 0.3 is 0 Å². The first-order chi connectivity index (χ1) is 8.24. The standard InChI is InChI=1S/C13H16BrNOS/c14-10-4-2-6-15(8-10)13(16)12-7-9-3-1-5-11(9)17-12/h7,10H,1-6,8H2. The number of likely N-dealkylation sites (tertiary alicyclic amines) is 1. The van der Waals surface area contributed by atoms with Gasteiger partial charge in [-0.2, -0.15) is 0 Å². The number of alkyl halides is 1. The molecular formula is C13H16BrNOS. The minimum atomic E-state index is 0.244. The molecule has 0 radical (unpaired) electrons. The molecule has 2 heterocycles. The molecule has 1 amide bonds. The van der Waals surface area contributed by atoms with Crippen LogP contribution in [0.2, 0.25) is 0 Å². The number of rotatable bonds is 1. The summed E-state index contributed by atoms with van der Waals surface area (Å²) >= 11 is 5.34. The van der Waals surface area contributed by atoms with Gasteiger partial charge < -0.3 is 4.90 Å². The highest BCUT2D eigenvalue weighted by molar-refractivity contribution is 9.09. The molecule has 92 valence electrons. The number of halogens is 1. The zero-order chi connectivity index (χ0) is 11.8. The lowest BCUT2D eigenvalue weighted by atomic mass is 10.1. The molecule has 4 heteroatoms. The van der Waals surface area contributed by atoms with Gasteiger partial charge in [0.15, 0.2) is 0 Å². The first-order valence-corrected chi connectivity index (χ1v) is 8.02. The summed E-state index contributed by atoms with van der Waals surface area (Å²) in [5.41, 5.74) is 1.42. The second-order valence-electron chi connectivity index (χ2n) is 4.90. The first-order valence-electron chi connectivity index (χ1n) is 6.29. The number of hydrogen-bond donors (Lipinski definition) is 0. The number of fused-ring (bicyclic) bond motifs is 1. The summed E-state index contributed by atoms with van der Waals surface area (Å²) in [4.78, 5) is 17.2. The summed E-state index contributed by atoms with van der Waals surface area (Å²) in [6.45, 7) is 1.78. The van der Waals surface area contributed by atoms with Crippen molar-refractivity contribution in [2.45, 2.75) is 36.9 Å². The molecule has 0 aromatic carbocycles. The van der Waals surface area contributed by atoms with Crippen LogP contribution in [0.4, 0.5) is 0 Å². The van der Waals surface area contributed by atoms with E-state index in [1.54, 1.807) is 11.3 Å². The molecule has 1 unspecified atom stereocenters. The van der Waals surface area contributed by atoms with Gasteiger partial charge in [-0.1, -0.05) is 15.9 Å². The van der Waals surface area contributed by atoms with Gasteiger partial charge in [-0.05, 0) is 43.7 Å². The third kappa shape index (κ3) is 2.29. The molecule has 2 nitrogen and oxygen atoms in total. The molecule has 1 saturated heterocycles. The molecule has 0 bridgehead atoms. The Morgan fingerprint density at radius 2 is 2.29 bits per heavy atom. The van der Waals surface area contributed by atoms with Crippen LogP contribution >= 0.6 is 27.3 Å². The van der Waals surface area contributed by atoms with Crippen LogP contribution in [0.25, 0.3) is 0 Å². The van der Waals surface area contributed by atoms with E-state index < -0.39 is 0 Å². The fourth-order valence-corrected chi connectivity index (χ4v) is 4.59. The van der Waals surface area contributed by atoms with Crippen molar-refractivity contribution in [2.75, 3.05) is 13.1 Å². The SMILES string of the molecule is O=C(c1cc2c(s1)CCC2)N1CCCC(Br)C1. The summed E-state index contributed by atoms with van der Waals surface area (Å²) in [6.07, 6.45) is 5.91. The summed E-state index contributed by atoms with van der Waals surface area (Å²) in [7, 11) is 0. The summed E-state index contributed by atoms with van der Waals surface area (Å²) < 4.78 is 0. The van der Waals surface area contributed by atoms with Crippen LogP contribution in [0.5, 0.6) is 0 Å². The number of aryl methyl sites for hydroxylation is 2. The second-order valence-corrected chi connectivity index (χ2v) is 7.34. The lowest BCUT2D eigenvalue weighted by molar-refractivity contribution is 0.0735. The van der Waals surface area contributed by atoms with Crippen molar-refractivity contribution >= 4 is 33.2 Å². The molecule has 0 spiro atoms. The molecule has 1 aliphatic heterocycles. The maximum Gasteiger partial charge on any atom is 0.263 e. The van der Waals surface area contributed by atoms with Crippen LogP contribution in [0, 0.1) is 0 Å². The van der Waals surface area contributed by atoms with E-state index in [4.69, 9.17) is 0 Å². The van der Waals surface area contributed by atoms with Crippen LogP contribution in [-0.4, -0.2) is 28.7 Å². The predicted octanol–water partition coefficient (Wildman–Crippen LogP) is 3.24. The predicted molar refractivity (Wildman–Crippen MR) is 74.2 cm³/mol. The van der Waals surface area contributed by atoms with Gasteiger partial charge in [0.1, 0.15) is 0 Å². The Balaban J connectivity index is 1.76. The minimum absolute atomic E-state index is 0.244. The molecule has 1 aromatic rings. The van der Waals surface area contributed by atoms with Crippen LogP contribution in [-0.2, 0) is 12.8 Å². The summed E-state index contributed by atoms with van der Waals surface area (Å²) in [5, 5.41) is 0. The molecule has 3 rings (SSSR count). The highest BCUT2D eigenvalue weighted by Crippen LogP contribution is 2.31. The molecule has 2 aliphatic rings. The summed E-state index contributed by atoms with van der Waals surface area (Å²) in [5.74, 6) is 0.244. The van der Waals surface area contributed by atoms with Gasteiger partial charge in [-0.15, -0.1) is 11.3 Å². The Kier molecular flexibility index (Phi) is 3.26. The normalized spacial score (nSPS) is 23.8. The molecule has 17 heavy (non-hydrogen) atoms. The maximum absolute atomic E-state index is 12.4. The Labute approximate surface area is 114 Å². The van der Waals surface area contributed by atoms with Crippen molar-refractivity contribution < 1.29 is 4.79 Å². The average molecular weight is 314 g/mol. The number of piperidine rings is 1. The van der Waals surface area contributed by atoms with Gasteiger partial charge in [-0.3, -0.25) is 4.79 Å². The van der Waals surface area contributed by atoms with Crippen molar-refractivity contribution in [3.05, 3.63) is 21.4 Å². The summed E-state index contributed by atoms with van der Waals surface area (Å²) in [6, 6.07) is 2.13. The minimum Gasteiger partial charge on any atom is -0.337 e. The van der Waals surface area contributed by atoms with Crippen LogP contribution in [0.3, 0.4) is 0 Å². The molecule has 0 saturated carbocycles. The van der Waals surface area contributed by atoms with E-state index in [1.165, 1.54) is 36.1 Å². The zero-order valence-electron chi connectivity index (χ0n) is 9.75. The number of nitrogens with zero attached hydrogens (tertiary/aromatic N) is 1. The number of carbonyl (C=O) groups excluding carboxylic acids is 1. The van der Waals surface area contributed by atoms with Crippen molar-refractivity contribution in [3.63, 3.8) is 0 Å². The molecule has 0 N–H and O–H groups in total. The fraction of sp³-hybridized carbons (Fsp3) is 0.615. The van der Waals surface area contributed by atoms with Gasteiger partial charge in [-0.25, -0.2) is 0 Å². The smallest absolute Gasteiger partial charge is 0.263 e. The van der Waals surface area contributed by atoms with E-state index in [2.05, 4.69) is 22.0 Å². The molecule has 1 fully saturated rings. The Hall–Kier alpha value is -0.350. The highest BCUT2D eigenvalue weighted by atomic mass is 79.9. The quantitative estimate of drug-likeness (QED) is 0.729. The Morgan fingerprint density at radius 1 is 1.41 bits per heavy atom. The number of hydrogen-bond acceptors (Lipinski definition) is 2. The third-order valence-electron chi connectivity index (χ3n) is 3.61. The van der Waals surface area contributed by atoms with Crippen LogP contribution < -0.4 is 0 Å². The van der Waals surface area contributed by atoms with Gasteiger partial charge in [0.2, 0.25) is 0 Å². The monoisotopic (exact) mass is 313 g/mol. The molecule has 1 atom stereocenters. The van der Waals surface area contributed by atoms with Crippen LogP contribution in [0.15, 0.2) is 6.07 Å². The number of thiophene rings is 1. The van der Waals surface area contributed by atoms with Crippen molar-refractivity contribution in [1.29, 1.82) is 0 Å². The first kappa shape index (κ1) is 11.7. The molecule has 1 aromatic heterocycles. The average Bonchev–Trinajstić information content (AvgIpc) is 2.88. The van der Waals surface area contributed by atoms with E-state index in [0.29, 0.717) is 4.83 Å². The van der Waals surface area contributed by atoms with Gasteiger partial charge in [0.05, 0.1) is 4.88 Å². The van der Waals surface area contributed by atoms with Gasteiger partial charge in [0.25, 0.3) is 5.91 Å². The third-order valence-corrected chi connectivity index (χ3v) is 5.58. The van der Waals surface area contributed by atoms with E-state index >= 15 is 0 Å². The zero-order valence-corrected chi connectivity index (χ0v) is 12.1. The Bertz CT molecular complexity index is 421. The maximum atomic E-state index is 12.4. The highest BCUT2D eigenvalue weighted by Gasteiger charge is 2.25. The van der Waals surface area contributed by atoms with Gasteiger partial charge in [0, 0.05) is 22.8 Å². The van der Waals surface area contributed by atoms with Crippen molar-refractivity contribution in [1.82, 2.24) is 4.90 Å².